The molecule has 42 heavy (non-hydrogen) atoms. The molecule has 0 saturated carbocycles. The minimum atomic E-state index is -0.268. The Morgan fingerprint density at radius 2 is 1.10 bits per heavy atom. The summed E-state index contributed by atoms with van der Waals surface area (Å²) < 4.78 is 0. The number of hydrogen-bond acceptors (Lipinski definition) is 3. The van der Waals surface area contributed by atoms with E-state index in [1.807, 2.05) is 72.8 Å². The van der Waals surface area contributed by atoms with Crippen molar-refractivity contribution in [2.24, 2.45) is 5.11 Å². The summed E-state index contributed by atoms with van der Waals surface area (Å²) in [5, 5.41) is 4.59. The first-order chi connectivity index (χ1) is 20.4. The Kier molecular flexibility index (Phi) is 9.35. The number of amides is 2. The van der Waals surface area contributed by atoms with Gasteiger partial charge in [-0.15, -0.1) is 11.6 Å². The first-order valence-corrected chi connectivity index (χ1v) is 14.7. The lowest BCUT2D eigenvalue weighted by molar-refractivity contribution is -0.117. The van der Waals surface area contributed by atoms with Gasteiger partial charge in [-0.1, -0.05) is 76.8 Å². The summed E-state index contributed by atoms with van der Waals surface area (Å²) in [7, 11) is 0. The number of carbonyl (C=O) groups excluding carboxylic acids is 2. The molecule has 0 unspecified atom stereocenters. The van der Waals surface area contributed by atoms with Crippen molar-refractivity contribution in [2.75, 3.05) is 22.2 Å². The van der Waals surface area contributed by atoms with Gasteiger partial charge in [0.05, 0.1) is 22.7 Å². The SMILES string of the molecule is O=C(CCl)N1c2ccccc2CCc2ccc(Cl)cc21.[N-]=[N+]=NCC(=O)N1c2ccccc2CCc2ccc(Cl)cc21. The summed E-state index contributed by atoms with van der Waals surface area (Å²) in [6, 6.07) is 26.9. The van der Waals surface area contributed by atoms with Crippen molar-refractivity contribution in [1.82, 2.24) is 0 Å². The molecule has 0 aromatic heterocycles. The normalized spacial score (nSPS) is 13.0. The molecular weight excluding hydrogens is 593 g/mol. The van der Waals surface area contributed by atoms with Gasteiger partial charge in [-0.05, 0) is 89.9 Å². The van der Waals surface area contributed by atoms with Crippen LogP contribution in [-0.4, -0.2) is 24.2 Å². The highest BCUT2D eigenvalue weighted by molar-refractivity contribution is 6.32. The van der Waals surface area contributed by atoms with E-state index in [-0.39, 0.29) is 24.2 Å². The molecule has 0 bridgehead atoms. The molecule has 2 aliphatic rings. The van der Waals surface area contributed by atoms with Crippen LogP contribution in [0.15, 0.2) is 90.0 Å². The van der Waals surface area contributed by atoms with Crippen molar-refractivity contribution >= 4 is 69.4 Å². The third-order valence-electron chi connectivity index (χ3n) is 7.25. The minimum Gasteiger partial charge on any atom is -0.280 e. The van der Waals surface area contributed by atoms with Crippen LogP contribution in [0.25, 0.3) is 10.4 Å². The third kappa shape index (κ3) is 6.25. The number of alkyl halides is 1. The minimum absolute atomic E-state index is 0.0553. The van der Waals surface area contributed by atoms with Gasteiger partial charge in [-0.25, -0.2) is 0 Å². The predicted octanol–water partition coefficient (Wildman–Crippen LogP) is 8.76. The molecule has 4 aromatic rings. The van der Waals surface area contributed by atoms with Gasteiger partial charge >= 0.3 is 0 Å². The van der Waals surface area contributed by atoms with Crippen LogP contribution in [0, 0.1) is 0 Å². The van der Waals surface area contributed by atoms with Gasteiger partial charge in [-0.3, -0.25) is 19.4 Å². The topological polar surface area (TPSA) is 89.4 Å². The van der Waals surface area contributed by atoms with Crippen LogP contribution in [0.1, 0.15) is 22.3 Å². The maximum Gasteiger partial charge on any atom is 0.246 e. The number of azide groups is 1. The average molecular weight is 619 g/mol. The molecular formula is C32H26Cl3N5O2. The molecule has 0 fully saturated rings. The van der Waals surface area contributed by atoms with Gasteiger partial charge < -0.3 is 0 Å². The first-order valence-electron chi connectivity index (χ1n) is 13.4. The second-order valence-corrected chi connectivity index (χ2v) is 10.9. The van der Waals surface area contributed by atoms with E-state index in [1.165, 1.54) is 0 Å². The number of fused-ring (bicyclic) bond motifs is 4. The zero-order valence-corrected chi connectivity index (χ0v) is 24.8. The fourth-order valence-corrected chi connectivity index (χ4v) is 5.80. The lowest BCUT2D eigenvalue weighted by Crippen LogP contribution is -2.28. The summed E-state index contributed by atoms with van der Waals surface area (Å²) in [6.45, 7) is -0.225. The Balaban J connectivity index is 0.000000169. The molecule has 2 heterocycles. The quantitative estimate of drug-likeness (QED) is 0.0994. The summed E-state index contributed by atoms with van der Waals surface area (Å²) in [4.78, 5) is 30.8. The Bertz CT molecular complexity index is 1700. The number of rotatable bonds is 3. The van der Waals surface area contributed by atoms with Gasteiger partial charge in [0, 0.05) is 15.0 Å². The highest BCUT2D eigenvalue weighted by Gasteiger charge is 2.26. The summed E-state index contributed by atoms with van der Waals surface area (Å²) >= 11 is 18.0. The average Bonchev–Trinajstić information content (AvgIpc) is 3.27. The van der Waals surface area contributed by atoms with E-state index in [1.54, 1.807) is 15.9 Å². The molecule has 212 valence electrons. The van der Waals surface area contributed by atoms with Gasteiger partial charge in [0.1, 0.15) is 12.4 Å². The molecule has 0 N–H and O–H groups in total. The van der Waals surface area contributed by atoms with E-state index in [0.29, 0.717) is 10.0 Å². The number of para-hydroxylation sites is 2. The molecule has 0 saturated heterocycles. The van der Waals surface area contributed by atoms with Crippen LogP contribution in [0.2, 0.25) is 10.0 Å². The largest absolute Gasteiger partial charge is 0.280 e. The van der Waals surface area contributed by atoms with Crippen LogP contribution >= 0.6 is 34.8 Å². The van der Waals surface area contributed by atoms with E-state index < -0.39 is 0 Å². The Labute approximate surface area is 258 Å². The van der Waals surface area contributed by atoms with E-state index in [0.717, 1.165) is 70.7 Å². The second-order valence-electron chi connectivity index (χ2n) is 9.78. The number of hydrogen-bond donors (Lipinski definition) is 0. The molecule has 7 nitrogen and oxygen atoms in total. The number of nitrogens with zero attached hydrogens (tertiary/aromatic N) is 5. The van der Waals surface area contributed by atoms with Crippen LogP contribution in [0.3, 0.4) is 0 Å². The molecule has 2 aliphatic heterocycles. The van der Waals surface area contributed by atoms with Crippen molar-refractivity contribution in [1.29, 1.82) is 0 Å². The molecule has 0 atom stereocenters. The summed E-state index contributed by atoms with van der Waals surface area (Å²) in [6.07, 6.45) is 3.46. The van der Waals surface area contributed by atoms with Gasteiger partial charge in [0.15, 0.2) is 0 Å². The van der Waals surface area contributed by atoms with E-state index in [2.05, 4.69) is 16.1 Å². The lowest BCUT2D eigenvalue weighted by atomic mass is 10.0. The van der Waals surface area contributed by atoms with Crippen LogP contribution < -0.4 is 9.80 Å². The third-order valence-corrected chi connectivity index (χ3v) is 7.95. The van der Waals surface area contributed by atoms with Crippen molar-refractivity contribution in [3.05, 3.63) is 128 Å². The second kappa shape index (κ2) is 13.3. The highest BCUT2D eigenvalue weighted by atomic mass is 35.5. The number of carbonyl (C=O) groups is 2. The number of halogens is 3. The van der Waals surface area contributed by atoms with E-state index >= 15 is 0 Å². The Morgan fingerprint density at radius 1 is 0.667 bits per heavy atom. The molecule has 4 aromatic carbocycles. The molecule has 0 radical (unpaired) electrons. The van der Waals surface area contributed by atoms with Crippen molar-refractivity contribution in [2.45, 2.75) is 25.7 Å². The zero-order valence-electron chi connectivity index (χ0n) is 22.5. The van der Waals surface area contributed by atoms with Crippen LogP contribution in [0.5, 0.6) is 0 Å². The first kappa shape index (κ1) is 29.5. The summed E-state index contributed by atoms with van der Waals surface area (Å²) in [5.41, 5.74) is 16.2. The maximum atomic E-state index is 12.6. The molecule has 10 heteroatoms. The molecule has 6 rings (SSSR count). The van der Waals surface area contributed by atoms with E-state index in [4.69, 9.17) is 40.3 Å². The smallest absolute Gasteiger partial charge is 0.246 e. The zero-order chi connectivity index (χ0) is 29.6. The molecule has 0 aliphatic carbocycles. The number of benzene rings is 4. The van der Waals surface area contributed by atoms with Crippen molar-refractivity contribution < 1.29 is 9.59 Å². The number of aryl methyl sites for hydroxylation is 4. The molecule has 0 spiro atoms. The lowest BCUT2D eigenvalue weighted by Gasteiger charge is -2.24. The van der Waals surface area contributed by atoms with Gasteiger partial charge in [0.25, 0.3) is 0 Å². The van der Waals surface area contributed by atoms with Crippen molar-refractivity contribution in [3.63, 3.8) is 0 Å². The van der Waals surface area contributed by atoms with Crippen LogP contribution in [0.4, 0.5) is 22.7 Å². The fraction of sp³-hybridized carbons (Fsp3) is 0.188. The highest BCUT2D eigenvalue weighted by Crippen LogP contribution is 2.39. The van der Waals surface area contributed by atoms with Crippen LogP contribution in [-0.2, 0) is 35.3 Å². The molecule has 2 amide bonds. The summed E-state index contributed by atoms with van der Waals surface area (Å²) in [5.74, 6) is -0.458. The monoisotopic (exact) mass is 617 g/mol. The Morgan fingerprint density at radius 3 is 1.55 bits per heavy atom. The standard InChI is InChI=1S/C16H13Cl2NO.C16H13ClN4O/c17-10-16(20)19-14-4-2-1-3-11(14)5-6-12-7-8-13(18)9-15(12)19;17-13-8-7-12-6-5-11-3-1-2-4-14(11)21(15(12)9-13)16(22)10-19-20-18/h1-4,7-9H,5-6,10H2;1-4,7-9H,5-6,10H2. The predicted molar refractivity (Wildman–Crippen MR) is 170 cm³/mol. The van der Waals surface area contributed by atoms with E-state index in [9.17, 15) is 9.59 Å². The van der Waals surface area contributed by atoms with Gasteiger partial charge in [0.2, 0.25) is 11.8 Å². The number of anilines is 4. The fourth-order valence-electron chi connectivity index (χ4n) is 5.35. The van der Waals surface area contributed by atoms with Crippen molar-refractivity contribution in [3.8, 4) is 0 Å². The Hall–Kier alpha value is -4.00. The maximum absolute atomic E-state index is 12.6. The van der Waals surface area contributed by atoms with Gasteiger partial charge in [-0.2, -0.15) is 0 Å².